The number of carbonyl (C=O) groups is 2. The molecule has 1 atom stereocenters. The SMILES string of the molecule is CN(C)C(=O)NC1CC(=O)N(c2ccc(Cl)cc2)C1. The molecular weight excluding hydrogens is 266 g/mol. The highest BCUT2D eigenvalue weighted by molar-refractivity contribution is 6.30. The minimum absolute atomic E-state index is 0.00591. The molecule has 102 valence electrons. The van der Waals surface area contributed by atoms with Crippen molar-refractivity contribution < 1.29 is 9.59 Å². The van der Waals surface area contributed by atoms with Crippen LogP contribution in [0.4, 0.5) is 10.5 Å². The van der Waals surface area contributed by atoms with Crippen LogP contribution in [-0.2, 0) is 4.79 Å². The summed E-state index contributed by atoms with van der Waals surface area (Å²) in [4.78, 5) is 26.6. The Morgan fingerprint density at radius 1 is 1.37 bits per heavy atom. The van der Waals surface area contributed by atoms with Crippen LogP contribution in [-0.4, -0.2) is 43.5 Å². The lowest BCUT2D eigenvalue weighted by Gasteiger charge is -2.19. The van der Waals surface area contributed by atoms with E-state index in [1.165, 1.54) is 4.90 Å². The summed E-state index contributed by atoms with van der Waals surface area (Å²) in [6.45, 7) is 0.486. The fourth-order valence-corrected chi connectivity index (χ4v) is 2.10. The first-order chi connectivity index (χ1) is 8.97. The van der Waals surface area contributed by atoms with Gasteiger partial charge in [0.1, 0.15) is 0 Å². The molecule has 2 rings (SSSR count). The number of urea groups is 1. The summed E-state index contributed by atoms with van der Waals surface area (Å²) in [5, 5.41) is 3.45. The van der Waals surface area contributed by atoms with Crippen LogP contribution in [0.3, 0.4) is 0 Å². The molecule has 3 amide bonds. The van der Waals surface area contributed by atoms with Gasteiger partial charge in [0.15, 0.2) is 0 Å². The van der Waals surface area contributed by atoms with Crippen molar-refractivity contribution in [3.05, 3.63) is 29.3 Å². The van der Waals surface area contributed by atoms with Crippen molar-refractivity contribution in [3.63, 3.8) is 0 Å². The lowest BCUT2D eigenvalue weighted by Crippen LogP contribution is -2.42. The molecule has 1 saturated heterocycles. The number of nitrogens with one attached hydrogen (secondary N) is 1. The van der Waals surface area contributed by atoms with Crippen LogP contribution in [0.5, 0.6) is 0 Å². The van der Waals surface area contributed by atoms with Crippen LogP contribution in [0.2, 0.25) is 5.02 Å². The number of hydrogen-bond acceptors (Lipinski definition) is 2. The molecule has 0 aromatic heterocycles. The van der Waals surface area contributed by atoms with Gasteiger partial charge in [0.2, 0.25) is 5.91 Å². The van der Waals surface area contributed by atoms with E-state index in [0.717, 1.165) is 5.69 Å². The minimum Gasteiger partial charge on any atom is -0.333 e. The first-order valence-corrected chi connectivity index (χ1v) is 6.39. The Labute approximate surface area is 117 Å². The molecule has 0 aliphatic carbocycles. The average molecular weight is 282 g/mol. The zero-order valence-corrected chi connectivity index (χ0v) is 11.6. The van der Waals surface area contributed by atoms with Gasteiger partial charge in [0, 0.05) is 37.8 Å². The smallest absolute Gasteiger partial charge is 0.317 e. The fraction of sp³-hybridized carbons (Fsp3) is 0.385. The first-order valence-electron chi connectivity index (χ1n) is 6.01. The highest BCUT2D eigenvalue weighted by Gasteiger charge is 2.31. The molecule has 1 heterocycles. The Kier molecular flexibility index (Phi) is 3.95. The first kappa shape index (κ1) is 13.7. The molecule has 1 fully saturated rings. The topological polar surface area (TPSA) is 52.7 Å². The van der Waals surface area contributed by atoms with Gasteiger partial charge in [-0.3, -0.25) is 4.79 Å². The summed E-state index contributed by atoms with van der Waals surface area (Å²) >= 11 is 5.82. The Morgan fingerprint density at radius 2 is 2.00 bits per heavy atom. The quantitative estimate of drug-likeness (QED) is 0.897. The van der Waals surface area contributed by atoms with Crippen molar-refractivity contribution in [2.24, 2.45) is 0 Å². The van der Waals surface area contributed by atoms with E-state index in [4.69, 9.17) is 11.6 Å². The van der Waals surface area contributed by atoms with E-state index in [1.54, 1.807) is 43.3 Å². The normalized spacial score (nSPS) is 18.6. The number of carbonyl (C=O) groups excluding carboxylic acids is 2. The minimum atomic E-state index is -0.184. The maximum atomic E-state index is 11.9. The third-order valence-corrected chi connectivity index (χ3v) is 3.25. The summed E-state index contributed by atoms with van der Waals surface area (Å²) in [6.07, 6.45) is 0.322. The molecule has 0 radical (unpaired) electrons. The van der Waals surface area contributed by atoms with Crippen LogP contribution >= 0.6 is 11.6 Å². The third kappa shape index (κ3) is 3.17. The van der Waals surface area contributed by atoms with Crippen molar-refractivity contribution in [3.8, 4) is 0 Å². The lowest BCUT2D eigenvalue weighted by atomic mass is 10.2. The van der Waals surface area contributed by atoms with Crippen molar-refractivity contribution in [1.82, 2.24) is 10.2 Å². The third-order valence-electron chi connectivity index (χ3n) is 3.00. The van der Waals surface area contributed by atoms with Crippen molar-refractivity contribution in [1.29, 1.82) is 0 Å². The largest absolute Gasteiger partial charge is 0.333 e. The second kappa shape index (κ2) is 5.48. The predicted molar refractivity (Wildman–Crippen MR) is 74.4 cm³/mol. The summed E-state index contributed by atoms with van der Waals surface area (Å²) in [5.74, 6) is 0.00591. The monoisotopic (exact) mass is 281 g/mol. The number of hydrogen-bond donors (Lipinski definition) is 1. The average Bonchev–Trinajstić information content (AvgIpc) is 2.71. The molecule has 1 aliphatic rings. The van der Waals surface area contributed by atoms with Gasteiger partial charge >= 0.3 is 6.03 Å². The molecule has 0 bridgehead atoms. The van der Waals surface area contributed by atoms with Gasteiger partial charge in [0.25, 0.3) is 0 Å². The van der Waals surface area contributed by atoms with Gasteiger partial charge in [-0.1, -0.05) is 11.6 Å². The second-order valence-electron chi connectivity index (χ2n) is 4.73. The molecule has 0 spiro atoms. The molecular formula is C13H16ClN3O2. The van der Waals surface area contributed by atoms with Gasteiger partial charge in [-0.05, 0) is 24.3 Å². The zero-order valence-electron chi connectivity index (χ0n) is 10.9. The van der Waals surface area contributed by atoms with E-state index in [9.17, 15) is 9.59 Å². The number of benzene rings is 1. The van der Waals surface area contributed by atoms with E-state index in [-0.39, 0.29) is 18.0 Å². The number of nitrogens with zero attached hydrogens (tertiary/aromatic N) is 2. The van der Waals surface area contributed by atoms with Crippen LogP contribution < -0.4 is 10.2 Å². The summed E-state index contributed by atoms with van der Waals surface area (Å²) in [7, 11) is 3.34. The van der Waals surface area contributed by atoms with Crippen molar-refractivity contribution in [2.45, 2.75) is 12.5 Å². The second-order valence-corrected chi connectivity index (χ2v) is 5.16. The molecule has 5 nitrogen and oxygen atoms in total. The highest BCUT2D eigenvalue weighted by Crippen LogP contribution is 2.23. The van der Waals surface area contributed by atoms with Crippen LogP contribution in [0, 0.1) is 0 Å². The van der Waals surface area contributed by atoms with Gasteiger partial charge < -0.3 is 15.1 Å². The molecule has 1 aromatic rings. The molecule has 1 aliphatic heterocycles. The lowest BCUT2D eigenvalue weighted by molar-refractivity contribution is -0.117. The summed E-state index contributed by atoms with van der Waals surface area (Å²) in [6, 6.07) is 6.76. The molecule has 1 aromatic carbocycles. The van der Waals surface area contributed by atoms with Gasteiger partial charge in [-0.15, -0.1) is 0 Å². The fourth-order valence-electron chi connectivity index (χ4n) is 1.98. The molecule has 19 heavy (non-hydrogen) atoms. The molecule has 0 saturated carbocycles. The maximum absolute atomic E-state index is 11.9. The van der Waals surface area contributed by atoms with Crippen molar-refractivity contribution >= 4 is 29.2 Å². The van der Waals surface area contributed by atoms with E-state index in [0.29, 0.717) is 18.0 Å². The Balaban J connectivity index is 2.03. The zero-order chi connectivity index (χ0) is 14.0. The van der Waals surface area contributed by atoms with E-state index in [2.05, 4.69) is 5.32 Å². The van der Waals surface area contributed by atoms with Crippen LogP contribution in [0.1, 0.15) is 6.42 Å². The Morgan fingerprint density at radius 3 is 2.58 bits per heavy atom. The standard InChI is InChI=1S/C13H16ClN3O2/c1-16(2)13(19)15-10-7-12(18)17(8-10)11-5-3-9(14)4-6-11/h3-6,10H,7-8H2,1-2H3,(H,15,19). The maximum Gasteiger partial charge on any atom is 0.317 e. The van der Waals surface area contributed by atoms with E-state index in [1.807, 2.05) is 0 Å². The van der Waals surface area contributed by atoms with Gasteiger partial charge in [-0.2, -0.15) is 0 Å². The van der Waals surface area contributed by atoms with E-state index >= 15 is 0 Å². The number of rotatable bonds is 2. The number of halogens is 1. The molecule has 1 unspecified atom stereocenters. The molecule has 1 N–H and O–H groups in total. The van der Waals surface area contributed by atoms with E-state index < -0.39 is 0 Å². The highest BCUT2D eigenvalue weighted by atomic mass is 35.5. The summed E-state index contributed by atoms with van der Waals surface area (Å²) in [5.41, 5.74) is 0.802. The van der Waals surface area contributed by atoms with Gasteiger partial charge in [-0.25, -0.2) is 4.79 Å². The molecule has 6 heteroatoms. The number of anilines is 1. The van der Waals surface area contributed by atoms with Crippen LogP contribution in [0.25, 0.3) is 0 Å². The predicted octanol–water partition coefficient (Wildman–Crippen LogP) is 1.72. The van der Waals surface area contributed by atoms with Crippen LogP contribution in [0.15, 0.2) is 24.3 Å². The van der Waals surface area contributed by atoms with Crippen molar-refractivity contribution in [2.75, 3.05) is 25.5 Å². The summed E-state index contributed by atoms with van der Waals surface area (Å²) < 4.78 is 0. The van der Waals surface area contributed by atoms with Gasteiger partial charge in [0.05, 0.1) is 6.04 Å². The Hall–Kier alpha value is -1.75. The Bertz CT molecular complexity index is 487. The number of amides is 3.